The molecule has 17 atom stereocenters. The van der Waals surface area contributed by atoms with Gasteiger partial charge in [-0.2, -0.15) is 0 Å². The lowest BCUT2D eigenvalue weighted by Gasteiger charge is -2.49. The Kier molecular flexibility index (Phi) is 16.3. The summed E-state index contributed by atoms with van der Waals surface area (Å²) in [5, 5.41) is 67.9. The number of nitrogens with two attached hydrogens (primary N) is 1. The quantitative estimate of drug-likeness (QED) is 0.0651. The fourth-order valence-corrected chi connectivity index (χ4v) is 6.97. The number of carbonyl (C=O) groups excluding carboxylic acids is 3. The molecule has 0 spiro atoms. The Morgan fingerprint density at radius 2 is 1.38 bits per heavy atom. The van der Waals surface area contributed by atoms with Crippen molar-refractivity contribution in [1.82, 2.24) is 10.6 Å². The number of phosphoric ester groups is 1. The molecule has 13 N–H and O–H groups in total. The van der Waals surface area contributed by atoms with E-state index < -0.39 is 143 Å². The van der Waals surface area contributed by atoms with Crippen LogP contribution < -0.4 is 27.0 Å². The summed E-state index contributed by atoms with van der Waals surface area (Å²) < 4.78 is 57.4. The summed E-state index contributed by atoms with van der Waals surface area (Å²) in [6.07, 6.45) is -21.6. The number of amides is 3. The molecular formula is C28H51N4O19P. The first-order chi connectivity index (χ1) is 24.2. The fourth-order valence-electron chi connectivity index (χ4n) is 5.89. The van der Waals surface area contributed by atoms with Gasteiger partial charge in [0.1, 0.15) is 73.1 Å². The molecule has 2 unspecified atom stereocenters. The van der Waals surface area contributed by atoms with Gasteiger partial charge in [-0.3, -0.25) is 18.9 Å². The van der Waals surface area contributed by atoms with Gasteiger partial charge in [-0.1, -0.05) is 0 Å². The fraction of sp³-hybridized carbons (Fsp3) is 0.893. The lowest BCUT2D eigenvalue weighted by atomic mass is 9.94. The van der Waals surface area contributed by atoms with Gasteiger partial charge in [0.15, 0.2) is 25.0 Å². The highest BCUT2D eigenvalue weighted by molar-refractivity contribution is 7.46. The Morgan fingerprint density at radius 3 is 1.88 bits per heavy atom. The van der Waals surface area contributed by atoms with E-state index in [4.69, 9.17) is 38.7 Å². The van der Waals surface area contributed by atoms with Crippen LogP contribution in [0, 0.1) is 0 Å². The highest BCUT2D eigenvalue weighted by atomic mass is 31.2. The molecule has 0 radical (unpaired) electrons. The topological polar surface area (TPSA) is 364 Å². The van der Waals surface area contributed by atoms with Crippen LogP contribution in [0.1, 0.15) is 34.6 Å². The van der Waals surface area contributed by atoms with Crippen molar-refractivity contribution in [1.29, 1.82) is 0 Å². The third-order valence-electron chi connectivity index (χ3n) is 8.41. The molecule has 52 heavy (non-hydrogen) atoms. The summed E-state index contributed by atoms with van der Waals surface area (Å²) in [7, 11) is -5.65. The summed E-state index contributed by atoms with van der Waals surface area (Å²) in [6, 6.07) is -3.45. The van der Waals surface area contributed by atoms with Crippen molar-refractivity contribution in [3.63, 3.8) is 0 Å². The van der Waals surface area contributed by atoms with Gasteiger partial charge in [-0.15, -0.1) is 0 Å². The van der Waals surface area contributed by atoms with Crippen molar-refractivity contribution in [3.8, 4) is 0 Å². The molecule has 24 heteroatoms. The maximum atomic E-state index is 12.7. The minimum Gasteiger partial charge on any atom is -0.756 e. The van der Waals surface area contributed by atoms with E-state index in [1.807, 2.05) is 0 Å². The largest absolute Gasteiger partial charge is 0.756 e. The van der Waals surface area contributed by atoms with Gasteiger partial charge in [-0.25, -0.2) is 0 Å². The van der Waals surface area contributed by atoms with Crippen molar-refractivity contribution >= 4 is 25.5 Å². The summed E-state index contributed by atoms with van der Waals surface area (Å²) >= 11 is 0. The molecule has 0 aliphatic carbocycles. The lowest BCUT2D eigenvalue weighted by molar-refractivity contribution is -0.489. The van der Waals surface area contributed by atoms with E-state index in [-0.39, 0.29) is 6.10 Å². The van der Waals surface area contributed by atoms with Gasteiger partial charge in [-0.05, 0) is 20.8 Å². The third kappa shape index (κ3) is 11.0. The molecule has 0 saturated carbocycles. The number of aliphatic hydroxyl groups is 6. The zero-order valence-corrected chi connectivity index (χ0v) is 30.1. The van der Waals surface area contributed by atoms with Crippen molar-refractivity contribution < 1.29 is 97.7 Å². The van der Waals surface area contributed by atoms with Crippen LogP contribution in [0.25, 0.3) is 0 Å². The number of quaternary nitrogens is 1. The molecule has 0 aromatic rings. The van der Waals surface area contributed by atoms with E-state index in [2.05, 4.69) is 20.9 Å². The maximum Gasteiger partial charge on any atom is 0.269 e. The molecule has 0 aromatic heterocycles. The molecular weight excluding hydrogens is 727 g/mol. The van der Waals surface area contributed by atoms with E-state index in [0.717, 1.165) is 6.92 Å². The number of primary amides is 1. The molecule has 3 rings (SSSR count). The van der Waals surface area contributed by atoms with Crippen LogP contribution in [0.5, 0.6) is 0 Å². The predicted molar refractivity (Wildman–Crippen MR) is 165 cm³/mol. The van der Waals surface area contributed by atoms with Gasteiger partial charge >= 0.3 is 0 Å². The van der Waals surface area contributed by atoms with Crippen LogP contribution >= 0.6 is 7.82 Å². The number of ether oxygens (including phenoxy) is 6. The zero-order valence-electron chi connectivity index (χ0n) is 29.2. The number of nitrogens with one attached hydrogen (secondary N) is 2. The van der Waals surface area contributed by atoms with E-state index in [0.29, 0.717) is 0 Å². The van der Waals surface area contributed by atoms with Gasteiger partial charge in [0, 0.05) is 13.8 Å². The summed E-state index contributed by atoms with van der Waals surface area (Å²) in [5.41, 5.74) is 9.08. The highest BCUT2D eigenvalue weighted by Crippen LogP contribution is 2.44. The van der Waals surface area contributed by atoms with Crippen LogP contribution in [-0.2, 0) is 56.4 Å². The minimum absolute atomic E-state index is 0.342. The maximum absolute atomic E-state index is 12.7. The summed E-state index contributed by atoms with van der Waals surface area (Å²) in [6.45, 7) is 4.41. The molecule has 3 aliphatic rings. The molecule has 0 bridgehead atoms. The molecule has 3 saturated heterocycles. The van der Waals surface area contributed by atoms with Crippen molar-refractivity contribution in [2.75, 3.05) is 19.8 Å². The number of aliphatic hydroxyl groups excluding tert-OH is 6. The molecule has 3 aliphatic heterocycles. The van der Waals surface area contributed by atoms with Gasteiger partial charge in [0.2, 0.25) is 17.7 Å². The summed E-state index contributed by atoms with van der Waals surface area (Å²) in [5.74, 6) is -2.69. The van der Waals surface area contributed by atoms with Crippen molar-refractivity contribution in [2.24, 2.45) is 5.73 Å². The first kappa shape index (κ1) is 44.4. The van der Waals surface area contributed by atoms with E-state index in [1.165, 1.54) is 6.92 Å². The average Bonchev–Trinajstić information content (AvgIpc) is 3.05. The number of carbonyl (C=O) groups is 3. The lowest BCUT2D eigenvalue weighted by Crippen LogP contribution is -2.80. The highest BCUT2D eigenvalue weighted by Gasteiger charge is 2.55. The second-order valence-corrected chi connectivity index (χ2v) is 14.1. The van der Waals surface area contributed by atoms with Crippen molar-refractivity contribution in [2.45, 2.75) is 139 Å². The number of rotatable bonds is 16. The van der Waals surface area contributed by atoms with Gasteiger partial charge in [0.05, 0.1) is 25.9 Å². The third-order valence-corrected chi connectivity index (χ3v) is 9.43. The number of hydrogen-bond acceptors (Lipinski definition) is 19. The normalized spacial score (nSPS) is 40.1. The summed E-state index contributed by atoms with van der Waals surface area (Å²) in [4.78, 5) is 48.6. The molecule has 3 fully saturated rings. The molecule has 3 heterocycles. The van der Waals surface area contributed by atoms with E-state index in [9.17, 15) is 54.5 Å². The first-order valence-corrected chi connectivity index (χ1v) is 17.8. The zero-order chi connectivity index (χ0) is 39.2. The molecule has 0 aromatic carbocycles. The minimum atomic E-state index is -5.65. The standard InChI is InChI=1S/C28H51N4O19P/c1-9(2)44-26-17(31-11(4)36)23(16(29)10(3)45-26)49-28-21(40)20(39)22(14(7-34)47-28)48-27-18(32-12(5)37)24(19(38)13(6-33)46-27)51-52(42,43)50-15(8-35)25(30)41/h9-10,13-24,26-28,33-35,38-40H,6-8,29H2,1-5H3,(H2,30,41)(H,31,36)(H,32,37)(H,42,43)/t10-,13-,14-,15?,16+,17-,18-,19+,20-,21-,22+,23+,24-,26-,27+,28+/m1/s1. The SMILES string of the molecule is CC(=O)N[C@H]1[C@H](OC(C)C)O[C@H](C)[C@H]([NH3+])[C@@H]1O[C@@H]1O[C@H](CO)[C@H](O[C@@H]2O[C@H](CO)[C@H](O)[C@H](OP(=O)([O-])OC(CO)C(N)=O)[C@H]2NC(C)=O)[C@H](O)[C@H]1O. The Labute approximate surface area is 298 Å². The van der Waals surface area contributed by atoms with Crippen LogP contribution in [-0.4, -0.2) is 172 Å². The van der Waals surface area contributed by atoms with E-state index in [1.54, 1.807) is 20.8 Å². The Balaban J connectivity index is 1.90. The van der Waals surface area contributed by atoms with Crippen LogP contribution in [0.3, 0.4) is 0 Å². The molecule has 3 amide bonds. The van der Waals surface area contributed by atoms with Crippen LogP contribution in [0.2, 0.25) is 0 Å². The van der Waals surface area contributed by atoms with Crippen LogP contribution in [0.4, 0.5) is 0 Å². The smallest absolute Gasteiger partial charge is 0.269 e. The Hall–Kier alpha value is -2.00. The van der Waals surface area contributed by atoms with Crippen LogP contribution in [0.15, 0.2) is 0 Å². The van der Waals surface area contributed by atoms with Gasteiger partial charge in [0.25, 0.3) is 7.82 Å². The average molecular weight is 779 g/mol. The second kappa shape index (κ2) is 19.0. The first-order valence-electron chi connectivity index (χ1n) is 16.4. The van der Waals surface area contributed by atoms with E-state index >= 15 is 0 Å². The van der Waals surface area contributed by atoms with Gasteiger partial charge < -0.3 is 95.1 Å². The monoisotopic (exact) mass is 778 g/mol. The number of phosphoric acid groups is 1. The Morgan fingerprint density at radius 1 is 0.846 bits per heavy atom. The van der Waals surface area contributed by atoms with Crippen molar-refractivity contribution in [3.05, 3.63) is 0 Å². The second-order valence-electron chi connectivity index (χ2n) is 12.8. The Bertz CT molecular complexity index is 1250. The number of hydrogen-bond donors (Lipinski definition) is 10. The molecule has 23 nitrogen and oxygen atoms in total. The predicted octanol–water partition coefficient (Wildman–Crippen LogP) is -7.22. The molecule has 302 valence electrons.